The molecule has 0 N–H and O–H groups in total. The van der Waals surface area contributed by atoms with E-state index in [0.29, 0.717) is 0 Å². The summed E-state index contributed by atoms with van der Waals surface area (Å²) in [7, 11) is 0. The molecule has 0 aromatic carbocycles. The monoisotopic (exact) mass is 85.0 g/mol. The minimum absolute atomic E-state index is 1.03. The van der Waals surface area contributed by atoms with Crippen molar-refractivity contribution in [1.29, 1.82) is 0 Å². The number of nitrogens with zero attached hydrogens (tertiary/aromatic N) is 1. The Kier molecular flexibility index (Phi) is 4.62. The van der Waals surface area contributed by atoms with Gasteiger partial charge in [-0.2, -0.15) is 0 Å². The summed E-state index contributed by atoms with van der Waals surface area (Å²) in [5, 5.41) is 0. The van der Waals surface area contributed by atoms with Crippen molar-refractivity contribution >= 4 is 16.1 Å². The number of hydrogen-bond acceptors (Lipinski definition) is 1. The fraction of sp³-hybridized carbons (Fsp3) is 1.00. The van der Waals surface area contributed by atoms with Gasteiger partial charge in [0.2, 0.25) is 0 Å². The van der Waals surface area contributed by atoms with E-state index in [2.05, 4.69) is 10.9 Å². The maximum absolute atomic E-state index is 3.88. The standard InChI is InChI=1S/C3H7N.Al.H/c1-2-3-4;;/h2-3H2,1H3;;. The van der Waals surface area contributed by atoms with Crippen LogP contribution in [-0.4, -0.2) is 22.6 Å². The topological polar surface area (TPSA) is 12.4 Å². The van der Waals surface area contributed by atoms with E-state index in [1.54, 1.807) is 16.1 Å². The summed E-state index contributed by atoms with van der Waals surface area (Å²) in [5.41, 5.74) is 0. The first-order valence-corrected chi connectivity index (χ1v) is 2.47. The van der Waals surface area contributed by atoms with Crippen LogP contribution in [0.3, 0.4) is 0 Å². The number of hydrogen-bond donors (Lipinski definition) is 0. The molecule has 0 spiro atoms. The second-order valence-corrected chi connectivity index (χ2v) is 1.39. The summed E-state index contributed by atoms with van der Waals surface area (Å²) >= 11 is 1.67. The van der Waals surface area contributed by atoms with Gasteiger partial charge < -0.3 is 0 Å². The van der Waals surface area contributed by atoms with Gasteiger partial charge in [-0.25, -0.2) is 0 Å². The van der Waals surface area contributed by atoms with Crippen molar-refractivity contribution in [2.75, 3.05) is 6.54 Å². The fourth-order valence-corrected chi connectivity index (χ4v) is 0.474. The second kappa shape index (κ2) is 4.33. The van der Waals surface area contributed by atoms with Gasteiger partial charge in [-0.05, 0) is 0 Å². The molecule has 0 bridgehead atoms. The van der Waals surface area contributed by atoms with E-state index in [1.165, 1.54) is 6.42 Å². The fourth-order valence-electron chi connectivity index (χ4n) is 0.158. The van der Waals surface area contributed by atoms with Gasteiger partial charge in [-0.15, -0.1) is 0 Å². The van der Waals surface area contributed by atoms with Gasteiger partial charge >= 0.3 is 39.9 Å². The van der Waals surface area contributed by atoms with Gasteiger partial charge in [0.15, 0.2) is 0 Å². The van der Waals surface area contributed by atoms with Crippen LogP contribution in [-0.2, 0) is 0 Å². The van der Waals surface area contributed by atoms with Crippen molar-refractivity contribution in [2.45, 2.75) is 13.3 Å². The molecule has 5 heavy (non-hydrogen) atoms. The normalized spacial score (nSPS) is 7.20. The van der Waals surface area contributed by atoms with E-state index >= 15 is 0 Å². The molecule has 0 saturated carbocycles. The first kappa shape index (κ1) is 5.33. The molecule has 0 fully saturated rings. The summed E-state index contributed by atoms with van der Waals surface area (Å²) < 4.78 is 3.88. The second-order valence-electron chi connectivity index (χ2n) is 0.947. The molecule has 0 aromatic heterocycles. The van der Waals surface area contributed by atoms with Crippen LogP contribution in [0.2, 0.25) is 0 Å². The molecule has 0 unspecified atom stereocenters. The van der Waals surface area contributed by atoms with Crippen molar-refractivity contribution < 1.29 is 0 Å². The van der Waals surface area contributed by atoms with E-state index in [4.69, 9.17) is 0 Å². The molecule has 0 rings (SSSR count). The van der Waals surface area contributed by atoms with E-state index in [9.17, 15) is 0 Å². The van der Waals surface area contributed by atoms with Crippen LogP contribution in [0.1, 0.15) is 13.3 Å². The summed E-state index contributed by atoms with van der Waals surface area (Å²) in [6.07, 6.45) is 1.18. The van der Waals surface area contributed by atoms with Crippen LogP contribution in [0.4, 0.5) is 0 Å². The summed E-state index contributed by atoms with van der Waals surface area (Å²) in [5.74, 6) is 0. The Bertz CT molecular complexity index is 28.1. The zero-order chi connectivity index (χ0) is 4.12. The van der Waals surface area contributed by atoms with Crippen LogP contribution >= 0.6 is 0 Å². The first-order chi connectivity index (χ1) is 2.41. The first-order valence-electron chi connectivity index (χ1n) is 1.84. The maximum atomic E-state index is 3.88. The van der Waals surface area contributed by atoms with Crippen molar-refractivity contribution in [3.8, 4) is 0 Å². The average Bonchev–Trinajstić information content (AvgIpc) is 1.41. The predicted molar refractivity (Wildman–Crippen MR) is 24.7 cm³/mol. The number of rotatable bonds is 2. The Morgan fingerprint density at radius 3 is 2.40 bits per heavy atom. The van der Waals surface area contributed by atoms with E-state index < -0.39 is 0 Å². The van der Waals surface area contributed by atoms with Crippen LogP contribution in [0.25, 0.3) is 0 Å². The molecule has 0 saturated heterocycles. The Balaban J connectivity index is 2.40. The third kappa shape index (κ3) is 4.33. The van der Waals surface area contributed by atoms with Crippen LogP contribution in [0.15, 0.2) is 3.93 Å². The molecule has 0 aromatic rings. The van der Waals surface area contributed by atoms with Gasteiger partial charge in [0, 0.05) is 0 Å². The van der Waals surface area contributed by atoms with Gasteiger partial charge in [-0.1, -0.05) is 0 Å². The molecule has 0 aliphatic heterocycles. The molecule has 0 atom stereocenters. The molecule has 1 nitrogen and oxygen atoms in total. The molecule has 0 aliphatic carbocycles. The van der Waals surface area contributed by atoms with Crippen molar-refractivity contribution in [2.24, 2.45) is 3.93 Å². The zero-order valence-corrected chi connectivity index (χ0v) is 4.98. The molecule has 2 heteroatoms. The molecule has 0 amide bonds. The van der Waals surface area contributed by atoms with Gasteiger partial charge in [0.05, 0.1) is 0 Å². The Morgan fingerprint density at radius 1 is 1.80 bits per heavy atom. The van der Waals surface area contributed by atoms with E-state index in [1.807, 2.05) is 0 Å². The van der Waals surface area contributed by atoms with E-state index in [0.717, 1.165) is 6.54 Å². The van der Waals surface area contributed by atoms with Crippen LogP contribution < -0.4 is 0 Å². The van der Waals surface area contributed by atoms with Crippen LogP contribution in [0.5, 0.6) is 0 Å². The third-order valence-electron chi connectivity index (χ3n) is 0.382. The van der Waals surface area contributed by atoms with Gasteiger partial charge in [0.1, 0.15) is 0 Å². The molecule has 28 valence electrons. The molecule has 0 aliphatic rings. The van der Waals surface area contributed by atoms with Crippen LogP contribution in [0, 0.1) is 0 Å². The van der Waals surface area contributed by atoms with Crippen molar-refractivity contribution in [3.63, 3.8) is 0 Å². The summed E-state index contributed by atoms with van der Waals surface area (Å²) in [4.78, 5) is 0. The summed E-state index contributed by atoms with van der Waals surface area (Å²) in [6.45, 7) is 3.15. The third-order valence-corrected chi connectivity index (χ3v) is 0.698. The Morgan fingerprint density at radius 2 is 2.40 bits per heavy atom. The minimum atomic E-state index is 1.03. The predicted octanol–water partition coefficient (Wildman–Crippen LogP) is 0.481. The quantitative estimate of drug-likeness (QED) is 0.432. The average molecular weight is 85.1 g/mol. The zero-order valence-electron chi connectivity index (χ0n) is 3.57. The van der Waals surface area contributed by atoms with Gasteiger partial charge in [-0.3, -0.25) is 0 Å². The van der Waals surface area contributed by atoms with Crippen molar-refractivity contribution in [3.05, 3.63) is 0 Å². The molecular formula is C3H8AlN. The van der Waals surface area contributed by atoms with E-state index in [-0.39, 0.29) is 0 Å². The molecular weight excluding hydrogens is 77.0 g/mol. The Labute approximate surface area is 40.6 Å². The Hall–Kier alpha value is 0.332. The SMILES string of the molecule is CCC[N]=[AlH]. The molecule has 0 radical (unpaired) electrons. The molecule has 0 heterocycles. The van der Waals surface area contributed by atoms with Gasteiger partial charge in [0.25, 0.3) is 0 Å². The van der Waals surface area contributed by atoms with Crippen molar-refractivity contribution in [1.82, 2.24) is 0 Å². The summed E-state index contributed by atoms with van der Waals surface area (Å²) in [6, 6.07) is 0.